The van der Waals surface area contributed by atoms with Crippen LogP contribution in [-0.2, 0) is 9.53 Å². The van der Waals surface area contributed by atoms with Crippen molar-refractivity contribution in [2.45, 2.75) is 59.0 Å². The molecule has 82 valence electrons. The fraction of sp³-hybridized carbons (Fsp3) is 0.917. The van der Waals surface area contributed by atoms with Crippen molar-refractivity contribution in [2.75, 3.05) is 0 Å². The zero-order chi connectivity index (χ0) is 10.6. The van der Waals surface area contributed by atoms with Crippen LogP contribution in [0.3, 0.4) is 0 Å². The van der Waals surface area contributed by atoms with Crippen LogP contribution >= 0.6 is 0 Å². The minimum atomic E-state index is -0.141. The maximum Gasteiger partial charge on any atom is 0.302 e. The van der Waals surface area contributed by atoms with Gasteiger partial charge in [0.1, 0.15) is 6.10 Å². The van der Waals surface area contributed by atoms with Gasteiger partial charge in [-0.1, -0.05) is 32.6 Å². The van der Waals surface area contributed by atoms with Crippen LogP contribution in [-0.4, -0.2) is 12.1 Å². The molecule has 0 bridgehead atoms. The summed E-state index contributed by atoms with van der Waals surface area (Å²) in [6, 6.07) is 0. The van der Waals surface area contributed by atoms with Crippen LogP contribution in [0.15, 0.2) is 0 Å². The normalized spacial score (nSPS) is 29.6. The van der Waals surface area contributed by atoms with Crippen molar-refractivity contribution >= 4 is 5.97 Å². The van der Waals surface area contributed by atoms with E-state index in [9.17, 15) is 4.79 Å². The van der Waals surface area contributed by atoms with Crippen LogP contribution in [0.2, 0.25) is 0 Å². The fourth-order valence-corrected chi connectivity index (χ4v) is 2.71. The summed E-state index contributed by atoms with van der Waals surface area (Å²) in [5, 5.41) is 0. The molecular weight excluding hydrogens is 176 g/mol. The molecule has 0 aromatic carbocycles. The largest absolute Gasteiger partial charge is 0.463 e. The van der Waals surface area contributed by atoms with Gasteiger partial charge in [0.25, 0.3) is 0 Å². The van der Waals surface area contributed by atoms with Crippen molar-refractivity contribution in [1.82, 2.24) is 0 Å². The summed E-state index contributed by atoms with van der Waals surface area (Å²) < 4.78 is 5.28. The Balaban J connectivity index is 2.49. The summed E-state index contributed by atoms with van der Waals surface area (Å²) in [5.74, 6) is 1.22. The molecule has 2 heteroatoms. The molecule has 1 aliphatic carbocycles. The van der Waals surface area contributed by atoms with Crippen molar-refractivity contribution in [3.8, 4) is 0 Å². The first-order valence-electron chi connectivity index (χ1n) is 5.82. The average Bonchev–Trinajstić information content (AvgIpc) is 2.16. The van der Waals surface area contributed by atoms with Crippen molar-refractivity contribution in [3.63, 3.8) is 0 Å². The second kappa shape index (κ2) is 5.38. The third-order valence-corrected chi connectivity index (χ3v) is 3.45. The van der Waals surface area contributed by atoms with E-state index in [4.69, 9.17) is 4.74 Å². The monoisotopic (exact) mass is 198 g/mol. The maximum atomic E-state index is 10.9. The van der Waals surface area contributed by atoms with Crippen molar-refractivity contribution < 1.29 is 9.53 Å². The van der Waals surface area contributed by atoms with Gasteiger partial charge in [-0.2, -0.15) is 0 Å². The van der Waals surface area contributed by atoms with Crippen LogP contribution in [0.4, 0.5) is 0 Å². The Morgan fingerprint density at radius 1 is 1.43 bits per heavy atom. The summed E-state index contributed by atoms with van der Waals surface area (Å²) in [4.78, 5) is 10.9. The van der Waals surface area contributed by atoms with Gasteiger partial charge >= 0.3 is 5.97 Å². The molecule has 0 N–H and O–H groups in total. The fourth-order valence-electron chi connectivity index (χ4n) is 2.71. The molecule has 0 radical (unpaired) electrons. The lowest BCUT2D eigenvalue weighted by Crippen LogP contribution is -2.31. The Morgan fingerprint density at radius 2 is 2.07 bits per heavy atom. The van der Waals surface area contributed by atoms with Gasteiger partial charge in [-0.3, -0.25) is 4.79 Å². The molecule has 0 amide bonds. The van der Waals surface area contributed by atoms with Gasteiger partial charge < -0.3 is 4.74 Å². The Hall–Kier alpha value is -0.530. The second-order valence-corrected chi connectivity index (χ2v) is 4.43. The number of rotatable bonds is 3. The van der Waals surface area contributed by atoms with E-state index in [-0.39, 0.29) is 12.1 Å². The van der Waals surface area contributed by atoms with E-state index in [0.29, 0.717) is 5.92 Å². The molecule has 0 aliphatic heterocycles. The molecule has 0 heterocycles. The zero-order valence-corrected chi connectivity index (χ0v) is 9.58. The quantitative estimate of drug-likeness (QED) is 0.651. The first-order chi connectivity index (χ1) is 6.65. The Kier molecular flexibility index (Phi) is 4.43. The molecular formula is C12H22O2. The van der Waals surface area contributed by atoms with E-state index in [1.807, 2.05) is 6.92 Å². The molecule has 0 saturated heterocycles. The summed E-state index contributed by atoms with van der Waals surface area (Å²) in [5.41, 5.74) is 0. The van der Waals surface area contributed by atoms with Gasteiger partial charge in [-0.05, 0) is 25.2 Å². The SMILES string of the molecule is CCC1CCCCC1C(C)OC(C)=O. The number of hydrogen-bond acceptors (Lipinski definition) is 2. The van der Waals surface area contributed by atoms with E-state index in [0.717, 1.165) is 5.92 Å². The van der Waals surface area contributed by atoms with Gasteiger partial charge in [-0.15, -0.1) is 0 Å². The van der Waals surface area contributed by atoms with E-state index < -0.39 is 0 Å². The van der Waals surface area contributed by atoms with Gasteiger partial charge in [-0.25, -0.2) is 0 Å². The first kappa shape index (κ1) is 11.5. The lowest BCUT2D eigenvalue weighted by atomic mass is 9.75. The van der Waals surface area contributed by atoms with Gasteiger partial charge in [0, 0.05) is 6.92 Å². The smallest absolute Gasteiger partial charge is 0.302 e. The molecule has 0 aromatic heterocycles. The molecule has 0 aromatic rings. The van der Waals surface area contributed by atoms with Crippen LogP contribution < -0.4 is 0 Å². The van der Waals surface area contributed by atoms with Gasteiger partial charge in [0.15, 0.2) is 0 Å². The molecule has 14 heavy (non-hydrogen) atoms. The van der Waals surface area contributed by atoms with E-state index in [1.165, 1.54) is 39.0 Å². The van der Waals surface area contributed by atoms with Crippen LogP contribution in [0, 0.1) is 11.8 Å². The molecule has 1 saturated carbocycles. The number of ether oxygens (including phenoxy) is 1. The molecule has 3 atom stereocenters. The highest BCUT2D eigenvalue weighted by Gasteiger charge is 2.29. The molecule has 1 aliphatic rings. The maximum absolute atomic E-state index is 10.9. The van der Waals surface area contributed by atoms with E-state index >= 15 is 0 Å². The molecule has 2 nitrogen and oxygen atoms in total. The Bertz CT molecular complexity index is 189. The topological polar surface area (TPSA) is 26.3 Å². The lowest BCUT2D eigenvalue weighted by Gasteiger charge is -2.34. The van der Waals surface area contributed by atoms with Crippen molar-refractivity contribution in [1.29, 1.82) is 0 Å². The molecule has 0 spiro atoms. The predicted molar refractivity (Wildman–Crippen MR) is 57.0 cm³/mol. The summed E-state index contributed by atoms with van der Waals surface area (Å²) in [6.07, 6.45) is 6.52. The molecule has 1 rings (SSSR count). The highest BCUT2D eigenvalue weighted by atomic mass is 16.5. The van der Waals surface area contributed by atoms with Gasteiger partial charge in [0.05, 0.1) is 0 Å². The minimum absolute atomic E-state index is 0.109. The third-order valence-electron chi connectivity index (χ3n) is 3.45. The minimum Gasteiger partial charge on any atom is -0.463 e. The molecule has 3 unspecified atom stereocenters. The van der Waals surface area contributed by atoms with Crippen LogP contribution in [0.1, 0.15) is 52.9 Å². The van der Waals surface area contributed by atoms with Crippen LogP contribution in [0.25, 0.3) is 0 Å². The number of esters is 1. The summed E-state index contributed by atoms with van der Waals surface area (Å²) in [7, 11) is 0. The number of hydrogen-bond donors (Lipinski definition) is 0. The zero-order valence-electron chi connectivity index (χ0n) is 9.58. The lowest BCUT2D eigenvalue weighted by molar-refractivity contribution is -0.149. The predicted octanol–water partition coefficient (Wildman–Crippen LogP) is 3.15. The highest BCUT2D eigenvalue weighted by Crippen LogP contribution is 2.35. The standard InChI is InChI=1S/C12H22O2/c1-4-11-7-5-6-8-12(11)9(2)14-10(3)13/h9,11-12H,4-8H2,1-3H3. The first-order valence-corrected chi connectivity index (χ1v) is 5.82. The third kappa shape index (κ3) is 3.00. The van der Waals surface area contributed by atoms with E-state index in [1.54, 1.807) is 0 Å². The highest BCUT2D eigenvalue weighted by molar-refractivity contribution is 5.66. The number of carbonyl (C=O) groups excluding carboxylic acids is 1. The van der Waals surface area contributed by atoms with E-state index in [2.05, 4.69) is 6.92 Å². The van der Waals surface area contributed by atoms with Crippen LogP contribution in [0.5, 0.6) is 0 Å². The van der Waals surface area contributed by atoms with Crippen molar-refractivity contribution in [2.24, 2.45) is 11.8 Å². The Morgan fingerprint density at radius 3 is 2.64 bits per heavy atom. The molecule has 1 fully saturated rings. The number of carbonyl (C=O) groups is 1. The van der Waals surface area contributed by atoms with Crippen molar-refractivity contribution in [3.05, 3.63) is 0 Å². The summed E-state index contributed by atoms with van der Waals surface area (Å²) >= 11 is 0. The second-order valence-electron chi connectivity index (χ2n) is 4.43. The summed E-state index contributed by atoms with van der Waals surface area (Å²) in [6.45, 7) is 5.78. The van der Waals surface area contributed by atoms with Gasteiger partial charge in [0.2, 0.25) is 0 Å². The Labute approximate surface area is 87.0 Å². The average molecular weight is 198 g/mol.